The number of carboxylic acid groups (broad SMARTS) is 2. The van der Waals surface area contributed by atoms with E-state index in [4.69, 9.17) is 33.4 Å². The Bertz CT molecular complexity index is 490. The highest BCUT2D eigenvalue weighted by Crippen LogP contribution is 2.31. The molecule has 0 atom stereocenters. The first-order valence-corrected chi connectivity index (χ1v) is 5.88. The highest BCUT2D eigenvalue weighted by Gasteiger charge is 2.17. The number of hydrogen-bond donors (Lipinski definition) is 3. The fourth-order valence-electron chi connectivity index (χ4n) is 1.53. The predicted octanol–water partition coefficient (Wildman–Crippen LogP) is 1.67. The molecule has 3 N–H and O–H groups in total. The van der Waals surface area contributed by atoms with Crippen LogP contribution in [0.15, 0.2) is 12.1 Å². The minimum atomic E-state index is -1.17. The number of benzene rings is 1. The van der Waals surface area contributed by atoms with Gasteiger partial charge in [-0.15, -0.1) is 0 Å². The van der Waals surface area contributed by atoms with Crippen molar-refractivity contribution in [3.8, 4) is 5.75 Å². The highest BCUT2D eigenvalue weighted by molar-refractivity contribution is 6.35. The van der Waals surface area contributed by atoms with Crippen molar-refractivity contribution >= 4 is 35.1 Å². The molecule has 0 aliphatic heterocycles. The number of halogens is 2. The minimum Gasteiger partial charge on any atom is -0.506 e. The molecule has 0 saturated carbocycles. The third-order valence-electron chi connectivity index (χ3n) is 2.22. The van der Waals surface area contributed by atoms with Crippen molar-refractivity contribution in [1.82, 2.24) is 4.90 Å². The van der Waals surface area contributed by atoms with E-state index < -0.39 is 25.0 Å². The van der Waals surface area contributed by atoms with E-state index in [1.165, 1.54) is 12.1 Å². The number of aromatic hydroxyl groups is 1. The summed E-state index contributed by atoms with van der Waals surface area (Å²) >= 11 is 11.5. The van der Waals surface area contributed by atoms with Crippen molar-refractivity contribution in [2.24, 2.45) is 0 Å². The van der Waals surface area contributed by atoms with Crippen molar-refractivity contribution in [2.45, 2.75) is 6.54 Å². The molecule has 19 heavy (non-hydrogen) atoms. The van der Waals surface area contributed by atoms with Gasteiger partial charge < -0.3 is 15.3 Å². The molecule has 1 aromatic carbocycles. The second-order valence-electron chi connectivity index (χ2n) is 3.83. The number of hydrogen-bond acceptors (Lipinski definition) is 4. The van der Waals surface area contributed by atoms with Gasteiger partial charge in [0.25, 0.3) is 0 Å². The Labute approximate surface area is 118 Å². The first-order valence-electron chi connectivity index (χ1n) is 5.12. The Morgan fingerprint density at radius 2 is 1.63 bits per heavy atom. The van der Waals surface area contributed by atoms with E-state index in [1.54, 1.807) is 0 Å². The molecule has 0 saturated heterocycles. The number of phenols is 1. The first-order chi connectivity index (χ1) is 8.79. The van der Waals surface area contributed by atoms with Crippen molar-refractivity contribution in [2.75, 3.05) is 13.1 Å². The third-order valence-corrected chi connectivity index (χ3v) is 2.73. The highest BCUT2D eigenvalue weighted by atomic mass is 35.5. The zero-order valence-corrected chi connectivity index (χ0v) is 11.1. The van der Waals surface area contributed by atoms with Crippen molar-refractivity contribution in [1.29, 1.82) is 0 Å². The predicted molar refractivity (Wildman–Crippen MR) is 68.7 cm³/mol. The smallest absolute Gasteiger partial charge is 0.317 e. The Hall–Kier alpha value is -1.50. The Morgan fingerprint density at radius 3 is 2.11 bits per heavy atom. The van der Waals surface area contributed by atoms with Gasteiger partial charge in [0, 0.05) is 17.1 Å². The van der Waals surface area contributed by atoms with Crippen molar-refractivity contribution in [3.05, 3.63) is 27.7 Å². The average molecular weight is 308 g/mol. The van der Waals surface area contributed by atoms with Gasteiger partial charge in [-0.2, -0.15) is 0 Å². The maximum atomic E-state index is 10.7. The number of nitrogens with zero attached hydrogens (tertiary/aromatic N) is 1. The van der Waals surface area contributed by atoms with Crippen LogP contribution in [0.1, 0.15) is 5.56 Å². The van der Waals surface area contributed by atoms with E-state index in [-0.39, 0.29) is 27.9 Å². The summed E-state index contributed by atoms with van der Waals surface area (Å²) in [6.45, 7) is -1.05. The van der Waals surface area contributed by atoms with Crippen molar-refractivity contribution in [3.63, 3.8) is 0 Å². The van der Waals surface area contributed by atoms with Crippen LogP contribution < -0.4 is 0 Å². The molecule has 0 fully saturated rings. The zero-order valence-electron chi connectivity index (χ0n) is 9.64. The fraction of sp³-hybridized carbons (Fsp3) is 0.273. The van der Waals surface area contributed by atoms with Crippen LogP contribution in [0.25, 0.3) is 0 Å². The Kier molecular flexibility index (Phi) is 5.41. The van der Waals surface area contributed by atoms with E-state index in [1.807, 2.05) is 0 Å². The standard InChI is InChI=1S/C11H11Cl2NO5/c12-7-1-6(11(19)8(13)2-7)3-14(4-9(15)16)5-10(17)18/h1-2,19H,3-5H2,(H,15,16)(H,17,18). The van der Waals surface area contributed by atoms with Crippen molar-refractivity contribution < 1.29 is 24.9 Å². The lowest BCUT2D eigenvalue weighted by Crippen LogP contribution is -2.34. The van der Waals surface area contributed by atoms with Gasteiger partial charge in [-0.25, -0.2) is 0 Å². The quantitative estimate of drug-likeness (QED) is 0.739. The molecule has 0 spiro atoms. The second kappa shape index (κ2) is 6.60. The van der Waals surface area contributed by atoms with Gasteiger partial charge in [-0.1, -0.05) is 23.2 Å². The SMILES string of the molecule is O=C(O)CN(CC(=O)O)Cc1cc(Cl)cc(Cl)c1O. The molecular formula is C11H11Cl2NO5. The molecule has 104 valence electrons. The number of rotatable bonds is 6. The summed E-state index contributed by atoms with van der Waals surface area (Å²) in [7, 11) is 0. The fourth-order valence-corrected chi connectivity index (χ4v) is 2.07. The van der Waals surface area contributed by atoms with E-state index >= 15 is 0 Å². The van der Waals surface area contributed by atoms with Crippen LogP contribution in [0.3, 0.4) is 0 Å². The number of phenolic OH excluding ortho intramolecular Hbond substituents is 1. The number of carboxylic acids is 2. The summed E-state index contributed by atoms with van der Waals surface area (Å²) in [5.41, 5.74) is 0.264. The molecule has 0 amide bonds. The van der Waals surface area contributed by atoms with Crippen LogP contribution in [-0.2, 0) is 16.1 Å². The molecule has 0 heterocycles. The summed E-state index contributed by atoms with van der Waals surface area (Å²) in [6.07, 6.45) is 0. The van der Waals surface area contributed by atoms with Gasteiger partial charge in [0.2, 0.25) is 0 Å². The first kappa shape index (κ1) is 15.6. The second-order valence-corrected chi connectivity index (χ2v) is 4.67. The summed E-state index contributed by atoms with van der Waals surface area (Å²) in [6, 6.07) is 2.74. The molecule has 0 bridgehead atoms. The topological polar surface area (TPSA) is 98.1 Å². The van der Waals surface area contributed by atoms with Crippen LogP contribution in [-0.4, -0.2) is 45.2 Å². The molecule has 0 unspecified atom stereocenters. The molecule has 1 rings (SSSR count). The van der Waals surface area contributed by atoms with Crippen LogP contribution in [0.4, 0.5) is 0 Å². The molecule has 0 aliphatic rings. The summed E-state index contributed by atoms with van der Waals surface area (Å²) in [5, 5.41) is 27.4. The van der Waals surface area contributed by atoms with Crippen LogP contribution in [0, 0.1) is 0 Å². The van der Waals surface area contributed by atoms with Gasteiger partial charge in [-0.05, 0) is 12.1 Å². The molecule has 0 radical (unpaired) electrons. The van der Waals surface area contributed by atoms with Crippen LogP contribution in [0.5, 0.6) is 5.75 Å². The van der Waals surface area contributed by atoms with Gasteiger partial charge in [0.05, 0.1) is 18.1 Å². The van der Waals surface area contributed by atoms with E-state index in [9.17, 15) is 14.7 Å². The van der Waals surface area contributed by atoms with Gasteiger partial charge in [0.1, 0.15) is 5.75 Å². The lowest BCUT2D eigenvalue weighted by Gasteiger charge is -2.19. The lowest BCUT2D eigenvalue weighted by atomic mass is 10.2. The zero-order chi connectivity index (χ0) is 14.6. The van der Waals surface area contributed by atoms with Gasteiger partial charge >= 0.3 is 11.9 Å². The minimum absolute atomic E-state index is 0.0214. The van der Waals surface area contributed by atoms with E-state index in [0.717, 1.165) is 4.90 Å². The molecular weight excluding hydrogens is 297 g/mol. The van der Waals surface area contributed by atoms with Crippen LogP contribution in [0.2, 0.25) is 10.0 Å². The Balaban J connectivity index is 2.95. The van der Waals surface area contributed by atoms with Gasteiger partial charge in [0.15, 0.2) is 0 Å². The maximum Gasteiger partial charge on any atom is 0.317 e. The van der Waals surface area contributed by atoms with Crippen LogP contribution >= 0.6 is 23.2 Å². The largest absolute Gasteiger partial charge is 0.506 e. The lowest BCUT2D eigenvalue weighted by molar-refractivity contribution is -0.142. The maximum absolute atomic E-state index is 10.7. The molecule has 1 aromatic rings. The molecule has 6 nitrogen and oxygen atoms in total. The monoisotopic (exact) mass is 307 g/mol. The average Bonchev–Trinajstić information content (AvgIpc) is 2.23. The normalized spacial score (nSPS) is 10.7. The number of carbonyl (C=O) groups is 2. The Morgan fingerprint density at radius 1 is 1.11 bits per heavy atom. The molecule has 0 aliphatic carbocycles. The van der Waals surface area contributed by atoms with E-state index in [2.05, 4.69) is 0 Å². The van der Waals surface area contributed by atoms with E-state index in [0.29, 0.717) is 0 Å². The van der Waals surface area contributed by atoms with Gasteiger partial charge in [-0.3, -0.25) is 14.5 Å². The summed E-state index contributed by atoms with van der Waals surface area (Å²) in [4.78, 5) is 22.4. The summed E-state index contributed by atoms with van der Waals surface area (Å²) < 4.78 is 0. The summed E-state index contributed by atoms with van der Waals surface area (Å²) in [5.74, 6) is -2.59. The number of aliphatic carboxylic acids is 2. The molecule has 0 aromatic heterocycles. The third kappa shape index (κ3) is 4.94. The molecule has 8 heteroatoms.